The maximum absolute atomic E-state index is 6.04. The number of ether oxygens (including phenoxy) is 2. The lowest BCUT2D eigenvalue weighted by atomic mass is 9.96. The van der Waals surface area contributed by atoms with E-state index in [0.29, 0.717) is 12.7 Å². The molecule has 1 unspecified atom stereocenters. The van der Waals surface area contributed by atoms with Crippen LogP contribution in [0.25, 0.3) is 0 Å². The molecule has 3 nitrogen and oxygen atoms in total. The Morgan fingerprint density at radius 2 is 2.33 bits per heavy atom. The van der Waals surface area contributed by atoms with Crippen molar-refractivity contribution >= 4 is 0 Å². The van der Waals surface area contributed by atoms with Crippen LogP contribution in [0, 0.1) is 0 Å². The van der Waals surface area contributed by atoms with Crippen molar-refractivity contribution in [3.8, 4) is 0 Å². The summed E-state index contributed by atoms with van der Waals surface area (Å²) in [6.07, 6.45) is 2.18. The molecule has 1 saturated heterocycles. The third kappa shape index (κ3) is 3.09. The van der Waals surface area contributed by atoms with Gasteiger partial charge in [0.25, 0.3) is 0 Å². The van der Waals surface area contributed by atoms with Gasteiger partial charge in [-0.2, -0.15) is 0 Å². The van der Waals surface area contributed by atoms with Crippen molar-refractivity contribution in [1.82, 2.24) is 0 Å². The van der Waals surface area contributed by atoms with Crippen molar-refractivity contribution in [2.45, 2.75) is 38.3 Å². The zero-order chi connectivity index (χ0) is 9.03. The summed E-state index contributed by atoms with van der Waals surface area (Å²) in [6, 6.07) is 0. The molecule has 0 saturated carbocycles. The summed E-state index contributed by atoms with van der Waals surface area (Å²) >= 11 is 0. The Morgan fingerprint density at radius 1 is 1.58 bits per heavy atom. The van der Waals surface area contributed by atoms with Crippen LogP contribution < -0.4 is 5.73 Å². The van der Waals surface area contributed by atoms with Crippen LogP contribution in [-0.4, -0.2) is 31.5 Å². The van der Waals surface area contributed by atoms with Gasteiger partial charge in [0.15, 0.2) is 0 Å². The number of nitrogens with two attached hydrogens (primary N) is 1. The third-order valence-electron chi connectivity index (χ3n) is 2.18. The highest BCUT2D eigenvalue weighted by Gasteiger charge is 2.29. The van der Waals surface area contributed by atoms with Crippen LogP contribution in [-0.2, 0) is 9.47 Å². The van der Waals surface area contributed by atoms with E-state index in [0.717, 1.165) is 26.1 Å². The van der Waals surface area contributed by atoms with Crippen LogP contribution in [0.15, 0.2) is 0 Å². The summed E-state index contributed by atoms with van der Waals surface area (Å²) in [5, 5.41) is 0. The first-order chi connectivity index (χ1) is 5.62. The molecule has 1 atom stereocenters. The first kappa shape index (κ1) is 9.96. The van der Waals surface area contributed by atoms with Crippen LogP contribution >= 0.6 is 0 Å². The van der Waals surface area contributed by atoms with E-state index in [1.807, 2.05) is 13.8 Å². The van der Waals surface area contributed by atoms with Crippen molar-refractivity contribution in [2.75, 3.05) is 19.8 Å². The monoisotopic (exact) mass is 173 g/mol. The van der Waals surface area contributed by atoms with E-state index in [-0.39, 0.29) is 5.54 Å². The van der Waals surface area contributed by atoms with Crippen molar-refractivity contribution in [3.05, 3.63) is 0 Å². The van der Waals surface area contributed by atoms with Crippen molar-refractivity contribution < 1.29 is 9.47 Å². The summed E-state index contributed by atoms with van der Waals surface area (Å²) in [6.45, 7) is 6.31. The Bertz CT molecular complexity index is 130. The highest BCUT2D eigenvalue weighted by molar-refractivity contribution is 4.87. The fourth-order valence-electron chi connectivity index (χ4n) is 1.32. The van der Waals surface area contributed by atoms with Gasteiger partial charge in [-0.15, -0.1) is 0 Å². The van der Waals surface area contributed by atoms with Gasteiger partial charge < -0.3 is 15.2 Å². The molecule has 0 aromatic rings. The molecular weight excluding hydrogens is 154 g/mol. The fourth-order valence-corrected chi connectivity index (χ4v) is 1.32. The zero-order valence-electron chi connectivity index (χ0n) is 8.01. The van der Waals surface area contributed by atoms with Crippen molar-refractivity contribution in [1.29, 1.82) is 0 Å². The molecule has 0 radical (unpaired) electrons. The quantitative estimate of drug-likeness (QED) is 0.687. The van der Waals surface area contributed by atoms with E-state index in [1.165, 1.54) is 0 Å². The van der Waals surface area contributed by atoms with E-state index in [1.54, 1.807) is 0 Å². The molecular formula is C9H19NO2. The van der Waals surface area contributed by atoms with E-state index >= 15 is 0 Å². The van der Waals surface area contributed by atoms with Gasteiger partial charge in [-0.1, -0.05) is 0 Å². The van der Waals surface area contributed by atoms with Crippen molar-refractivity contribution in [3.63, 3.8) is 0 Å². The Labute approximate surface area is 74.2 Å². The van der Waals surface area contributed by atoms with Crippen LogP contribution in [0.4, 0.5) is 0 Å². The second kappa shape index (κ2) is 4.21. The van der Waals surface area contributed by atoms with Gasteiger partial charge in [-0.25, -0.2) is 0 Å². The molecule has 0 aromatic heterocycles. The summed E-state index contributed by atoms with van der Waals surface area (Å²) in [7, 11) is 0. The Balaban J connectivity index is 2.13. The van der Waals surface area contributed by atoms with Crippen LogP contribution in [0.3, 0.4) is 0 Å². The Hall–Kier alpha value is -0.120. The molecule has 2 N–H and O–H groups in total. The Morgan fingerprint density at radius 3 is 2.83 bits per heavy atom. The molecule has 0 aromatic carbocycles. The summed E-state index contributed by atoms with van der Waals surface area (Å²) in [5.41, 5.74) is 5.92. The molecule has 3 heteroatoms. The molecule has 0 spiro atoms. The van der Waals surface area contributed by atoms with Crippen LogP contribution in [0.5, 0.6) is 0 Å². The molecule has 0 aliphatic carbocycles. The fraction of sp³-hybridized carbons (Fsp3) is 1.00. The predicted octanol–water partition coefficient (Wildman–Crippen LogP) is 0.919. The van der Waals surface area contributed by atoms with Gasteiger partial charge in [0, 0.05) is 18.8 Å². The van der Waals surface area contributed by atoms with Crippen LogP contribution in [0.1, 0.15) is 26.7 Å². The van der Waals surface area contributed by atoms with E-state index < -0.39 is 0 Å². The van der Waals surface area contributed by atoms with E-state index in [9.17, 15) is 0 Å². The average Bonchev–Trinajstić information content (AvgIpc) is 2.35. The minimum atomic E-state index is -0.116. The standard InChI is InChI=1S/C9H19NO2/c1-8(2)12-6-4-9(10)3-5-11-7-9/h8H,3-7,10H2,1-2H3. The summed E-state index contributed by atoms with van der Waals surface area (Å²) < 4.78 is 10.7. The van der Waals surface area contributed by atoms with Gasteiger partial charge >= 0.3 is 0 Å². The van der Waals surface area contributed by atoms with Gasteiger partial charge in [-0.05, 0) is 26.7 Å². The minimum absolute atomic E-state index is 0.116. The molecule has 0 bridgehead atoms. The lowest BCUT2D eigenvalue weighted by molar-refractivity contribution is 0.0620. The highest BCUT2D eigenvalue weighted by Crippen LogP contribution is 2.19. The molecule has 72 valence electrons. The lowest BCUT2D eigenvalue weighted by Gasteiger charge is -2.21. The van der Waals surface area contributed by atoms with Gasteiger partial charge in [0.05, 0.1) is 12.7 Å². The van der Waals surface area contributed by atoms with Crippen molar-refractivity contribution in [2.24, 2.45) is 5.73 Å². The third-order valence-corrected chi connectivity index (χ3v) is 2.18. The molecule has 1 fully saturated rings. The van der Waals surface area contributed by atoms with E-state index in [4.69, 9.17) is 15.2 Å². The SMILES string of the molecule is CC(C)OCCC1(N)CCOC1. The van der Waals surface area contributed by atoms with Gasteiger partial charge in [0.2, 0.25) is 0 Å². The summed E-state index contributed by atoms with van der Waals surface area (Å²) in [4.78, 5) is 0. The largest absolute Gasteiger partial charge is 0.379 e. The maximum Gasteiger partial charge on any atom is 0.0647 e. The number of hydrogen-bond acceptors (Lipinski definition) is 3. The number of rotatable bonds is 4. The second-order valence-corrected chi connectivity index (χ2v) is 3.83. The Kier molecular flexibility index (Phi) is 3.50. The predicted molar refractivity (Wildman–Crippen MR) is 48.1 cm³/mol. The molecule has 1 rings (SSSR count). The molecule has 1 heterocycles. The lowest BCUT2D eigenvalue weighted by Crippen LogP contribution is -2.41. The summed E-state index contributed by atoms with van der Waals surface area (Å²) in [5.74, 6) is 0. The average molecular weight is 173 g/mol. The topological polar surface area (TPSA) is 44.5 Å². The van der Waals surface area contributed by atoms with E-state index in [2.05, 4.69) is 0 Å². The minimum Gasteiger partial charge on any atom is -0.379 e. The molecule has 0 amide bonds. The molecule has 1 aliphatic rings. The van der Waals surface area contributed by atoms with Gasteiger partial charge in [0.1, 0.15) is 0 Å². The van der Waals surface area contributed by atoms with Crippen LogP contribution in [0.2, 0.25) is 0 Å². The first-order valence-corrected chi connectivity index (χ1v) is 4.61. The van der Waals surface area contributed by atoms with Gasteiger partial charge in [-0.3, -0.25) is 0 Å². The zero-order valence-corrected chi connectivity index (χ0v) is 8.01. The smallest absolute Gasteiger partial charge is 0.0647 e. The molecule has 12 heavy (non-hydrogen) atoms. The second-order valence-electron chi connectivity index (χ2n) is 3.83. The highest BCUT2D eigenvalue weighted by atomic mass is 16.5. The molecule has 1 aliphatic heterocycles. The number of hydrogen-bond donors (Lipinski definition) is 1. The first-order valence-electron chi connectivity index (χ1n) is 4.61. The normalized spacial score (nSPS) is 30.0. The maximum atomic E-state index is 6.04.